The molecule has 0 bridgehead atoms. The molecule has 1 N–H and O–H groups in total. The van der Waals surface area contributed by atoms with Crippen molar-refractivity contribution < 1.29 is 9.66 Å². The minimum absolute atomic E-state index is 0.135. The van der Waals surface area contributed by atoms with Crippen LogP contribution in [0.2, 0.25) is 0 Å². The second-order valence-corrected chi connectivity index (χ2v) is 4.03. The molecule has 0 radical (unpaired) electrons. The number of hydrogen-bond acceptors (Lipinski definition) is 5. The van der Waals surface area contributed by atoms with Gasteiger partial charge in [-0.2, -0.15) is 0 Å². The Balaban J connectivity index is 1.84. The van der Waals surface area contributed by atoms with Gasteiger partial charge in [0, 0.05) is 19.2 Å². The predicted molar refractivity (Wildman–Crippen MR) is 63.0 cm³/mol. The van der Waals surface area contributed by atoms with Crippen molar-refractivity contribution in [1.82, 2.24) is 4.98 Å². The molecule has 0 spiro atoms. The Morgan fingerprint density at radius 2 is 2.41 bits per heavy atom. The number of aromatic nitrogens is 1. The number of rotatable bonds is 4. The summed E-state index contributed by atoms with van der Waals surface area (Å²) < 4.78 is 5.57. The second kappa shape index (κ2) is 5.58. The van der Waals surface area contributed by atoms with Crippen molar-refractivity contribution >= 4 is 11.5 Å². The highest BCUT2D eigenvalue weighted by Gasteiger charge is 2.13. The normalized spacial score (nSPS) is 19.9. The molecule has 1 aromatic rings. The lowest BCUT2D eigenvalue weighted by molar-refractivity contribution is -0.389. The summed E-state index contributed by atoms with van der Waals surface area (Å²) in [5.41, 5.74) is 0.782. The summed E-state index contributed by atoms with van der Waals surface area (Å²) in [4.78, 5) is 13.7. The van der Waals surface area contributed by atoms with Crippen molar-refractivity contribution in [1.29, 1.82) is 0 Å². The van der Waals surface area contributed by atoms with E-state index in [1.165, 1.54) is 18.7 Å². The molecule has 0 aromatic carbocycles. The fourth-order valence-electron chi connectivity index (χ4n) is 1.80. The van der Waals surface area contributed by atoms with Gasteiger partial charge in [0.15, 0.2) is 6.20 Å². The van der Waals surface area contributed by atoms with Crippen LogP contribution in [-0.2, 0) is 4.74 Å². The minimum atomic E-state index is -0.506. The zero-order chi connectivity index (χ0) is 12.1. The van der Waals surface area contributed by atoms with E-state index in [9.17, 15) is 10.1 Å². The van der Waals surface area contributed by atoms with E-state index in [2.05, 4.69) is 10.3 Å². The number of ether oxygens (including phenoxy) is 1. The Hall–Kier alpha value is -1.69. The van der Waals surface area contributed by atoms with Crippen LogP contribution in [0.5, 0.6) is 0 Å². The first-order valence-electron chi connectivity index (χ1n) is 5.71. The van der Waals surface area contributed by atoms with Gasteiger partial charge in [0.25, 0.3) is 0 Å². The molecule has 1 fully saturated rings. The molecular formula is C11H15N3O3. The Morgan fingerprint density at radius 3 is 3.00 bits per heavy atom. The van der Waals surface area contributed by atoms with Crippen LogP contribution >= 0.6 is 0 Å². The van der Waals surface area contributed by atoms with E-state index in [0.29, 0.717) is 0 Å². The van der Waals surface area contributed by atoms with Crippen molar-refractivity contribution in [3.63, 3.8) is 0 Å². The third kappa shape index (κ3) is 3.39. The molecule has 1 saturated heterocycles. The Morgan fingerprint density at radius 1 is 1.53 bits per heavy atom. The van der Waals surface area contributed by atoms with Crippen LogP contribution in [-0.4, -0.2) is 29.2 Å². The largest absolute Gasteiger partial charge is 0.379 e. The fraction of sp³-hybridized carbons (Fsp3) is 0.545. The van der Waals surface area contributed by atoms with Gasteiger partial charge in [-0.3, -0.25) is 0 Å². The maximum absolute atomic E-state index is 10.4. The number of nitro groups is 1. The Kier molecular flexibility index (Phi) is 3.87. The molecule has 17 heavy (non-hydrogen) atoms. The molecule has 2 rings (SSSR count). The number of nitrogens with zero attached hydrogens (tertiary/aromatic N) is 2. The maximum Gasteiger partial charge on any atom is 0.363 e. The summed E-state index contributed by atoms with van der Waals surface area (Å²) in [6.45, 7) is 1.55. The zero-order valence-corrected chi connectivity index (χ0v) is 9.46. The van der Waals surface area contributed by atoms with Gasteiger partial charge in [-0.15, -0.1) is 0 Å². The van der Waals surface area contributed by atoms with Gasteiger partial charge in [0.1, 0.15) is 0 Å². The topological polar surface area (TPSA) is 77.3 Å². The molecule has 0 amide bonds. The van der Waals surface area contributed by atoms with E-state index < -0.39 is 4.92 Å². The smallest absolute Gasteiger partial charge is 0.363 e. The average molecular weight is 237 g/mol. The van der Waals surface area contributed by atoms with Gasteiger partial charge in [0.05, 0.1) is 11.8 Å². The molecule has 1 aromatic heterocycles. The molecule has 6 heteroatoms. The number of hydrogen-bond donors (Lipinski definition) is 1. The van der Waals surface area contributed by atoms with Crippen molar-refractivity contribution in [2.24, 2.45) is 0 Å². The van der Waals surface area contributed by atoms with E-state index >= 15 is 0 Å². The number of pyridine rings is 1. The van der Waals surface area contributed by atoms with Gasteiger partial charge in [-0.05, 0) is 35.2 Å². The maximum atomic E-state index is 10.4. The molecule has 1 aliphatic heterocycles. The molecule has 1 aliphatic rings. The lowest BCUT2D eigenvalue weighted by atomic mass is 10.1. The van der Waals surface area contributed by atoms with Crippen LogP contribution in [0.3, 0.4) is 0 Å². The second-order valence-electron chi connectivity index (χ2n) is 4.03. The van der Waals surface area contributed by atoms with Crippen molar-refractivity contribution in [3.8, 4) is 0 Å². The van der Waals surface area contributed by atoms with E-state index in [-0.39, 0.29) is 11.9 Å². The molecule has 92 valence electrons. The van der Waals surface area contributed by atoms with Gasteiger partial charge >= 0.3 is 5.82 Å². The third-order valence-corrected chi connectivity index (χ3v) is 2.74. The number of nitrogens with one attached hydrogen (secondary N) is 1. The highest BCUT2D eigenvalue weighted by Crippen LogP contribution is 2.15. The molecule has 1 atom stereocenters. The van der Waals surface area contributed by atoms with E-state index in [4.69, 9.17) is 4.74 Å². The van der Waals surface area contributed by atoms with E-state index in [1.54, 1.807) is 6.07 Å². The summed E-state index contributed by atoms with van der Waals surface area (Å²) in [5.74, 6) is -0.135. The molecule has 2 heterocycles. The van der Waals surface area contributed by atoms with Crippen LogP contribution in [0.4, 0.5) is 11.5 Å². The van der Waals surface area contributed by atoms with Gasteiger partial charge in [0.2, 0.25) is 0 Å². The summed E-state index contributed by atoms with van der Waals surface area (Å²) >= 11 is 0. The van der Waals surface area contributed by atoms with Crippen LogP contribution in [0.1, 0.15) is 19.3 Å². The molecule has 6 nitrogen and oxygen atoms in total. The van der Waals surface area contributed by atoms with E-state index in [0.717, 1.165) is 31.7 Å². The fourth-order valence-corrected chi connectivity index (χ4v) is 1.80. The van der Waals surface area contributed by atoms with Crippen molar-refractivity contribution in [2.75, 3.05) is 18.5 Å². The zero-order valence-electron chi connectivity index (χ0n) is 9.46. The molecule has 1 unspecified atom stereocenters. The van der Waals surface area contributed by atoms with Gasteiger partial charge in [-0.25, -0.2) is 0 Å². The predicted octanol–water partition coefficient (Wildman–Crippen LogP) is 1.97. The summed E-state index contributed by atoms with van der Waals surface area (Å²) in [6, 6.07) is 3.05. The summed E-state index contributed by atoms with van der Waals surface area (Å²) in [5, 5.41) is 13.6. The Labute approximate surface area is 99.2 Å². The SMILES string of the molecule is O=[N+]([O-])c1ccc(NCC2CCCCO2)cn1. The highest BCUT2D eigenvalue weighted by atomic mass is 16.6. The lowest BCUT2D eigenvalue weighted by Crippen LogP contribution is -2.26. The molecule has 0 aliphatic carbocycles. The van der Waals surface area contributed by atoms with Crippen molar-refractivity contribution in [3.05, 3.63) is 28.4 Å². The van der Waals surface area contributed by atoms with Crippen LogP contribution in [0.15, 0.2) is 18.3 Å². The molecule has 0 saturated carbocycles. The van der Waals surface area contributed by atoms with Crippen molar-refractivity contribution in [2.45, 2.75) is 25.4 Å². The van der Waals surface area contributed by atoms with Gasteiger partial charge in [-0.1, -0.05) is 0 Å². The van der Waals surface area contributed by atoms with Gasteiger partial charge < -0.3 is 20.2 Å². The first kappa shape index (κ1) is 11.8. The minimum Gasteiger partial charge on any atom is -0.379 e. The van der Waals surface area contributed by atoms with E-state index in [1.807, 2.05) is 0 Å². The Bertz CT molecular complexity index is 374. The summed E-state index contributed by atoms with van der Waals surface area (Å²) in [7, 11) is 0. The van der Waals surface area contributed by atoms with Crippen LogP contribution in [0, 0.1) is 10.1 Å². The monoisotopic (exact) mass is 237 g/mol. The standard InChI is InChI=1S/C11H15N3O3/c15-14(16)11-5-4-9(7-13-11)12-8-10-3-1-2-6-17-10/h4-5,7,10,12H,1-3,6,8H2. The number of anilines is 1. The lowest BCUT2D eigenvalue weighted by Gasteiger charge is -2.22. The average Bonchev–Trinajstić information content (AvgIpc) is 2.38. The first-order valence-corrected chi connectivity index (χ1v) is 5.71. The first-order chi connectivity index (χ1) is 8.25. The van der Waals surface area contributed by atoms with Crippen LogP contribution in [0.25, 0.3) is 0 Å². The quantitative estimate of drug-likeness (QED) is 0.640. The van der Waals surface area contributed by atoms with Crippen LogP contribution < -0.4 is 5.32 Å². The third-order valence-electron chi connectivity index (χ3n) is 2.74. The molecular weight excluding hydrogens is 222 g/mol. The highest BCUT2D eigenvalue weighted by molar-refractivity contribution is 5.43. The summed E-state index contributed by atoms with van der Waals surface area (Å²) in [6.07, 6.45) is 5.10.